The van der Waals surface area contributed by atoms with Gasteiger partial charge in [-0.25, -0.2) is 4.79 Å². The minimum Gasteiger partial charge on any atom is -0.478 e. The van der Waals surface area contributed by atoms with Crippen molar-refractivity contribution in [2.24, 2.45) is 0 Å². The van der Waals surface area contributed by atoms with Gasteiger partial charge in [0, 0.05) is 37.4 Å². The molecule has 6 heteroatoms. The molecule has 0 unspecified atom stereocenters. The van der Waals surface area contributed by atoms with E-state index in [0.717, 1.165) is 39.2 Å². The molecule has 0 radical (unpaired) electrons. The first-order valence-electron chi connectivity index (χ1n) is 9.35. The standard InChI is InChI=1S/C22H22N2O3S/c1-15-18-7-2-3-8-19(18)28-20(15)21(25)24-11-9-23(10-12-24)14-16-5-4-6-17(13-16)22(26)27/h2-8,13H,9-12,14H2,1H3,(H,26,27). The molecule has 1 amide bonds. The molecule has 1 aromatic heterocycles. The van der Waals surface area contributed by atoms with Gasteiger partial charge in [0.1, 0.15) is 0 Å². The van der Waals surface area contributed by atoms with Gasteiger partial charge in [-0.05, 0) is 41.6 Å². The molecule has 0 spiro atoms. The molecule has 4 rings (SSSR count). The quantitative estimate of drug-likeness (QED) is 0.730. The fourth-order valence-electron chi connectivity index (χ4n) is 3.69. The van der Waals surface area contributed by atoms with E-state index in [2.05, 4.69) is 17.0 Å². The third-order valence-electron chi connectivity index (χ3n) is 5.28. The predicted molar refractivity (Wildman–Crippen MR) is 111 cm³/mol. The first-order valence-corrected chi connectivity index (χ1v) is 10.2. The smallest absolute Gasteiger partial charge is 0.335 e. The van der Waals surface area contributed by atoms with Crippen molar-refractivity contribution in [1.82, 2.24) is 9.80 Å². The second-order valence-electron chi connectivity index (χ2n) is 7.13. The van der Waals surface area contributed by atoms with E-state index in [4.69, 9.17) is 5.11 Å². The Hall–Kier alpha value is -2.70. The maximum absolute atomic E-state index is 13.0. The molecule has 144 valence electrons. The Labute approximate surface area is 167 Å². The van der Waals surface area contributed by atoms with Crippen LogP contribution in [0.3, 0.4) is 0 Å². The van der Waals surface area contributed by atoms with Gasteiger partial charge in [-0.3, -0.25) is 9.69 Å². The number of nitrogens with zero attached hydrogens (tertiary/aromatic N) is 2. The highest BCUT2D eigenvalue weighted by molar-refractivity contribution is 7.21. The van der Waals surface area contributed by atoms with Gasteiger partial charge in [-0.1, -0.05) is 30.3 Å². The molecule has 2 aromatic carbocycles. The number of aromatic carboxylic acids is 1. The van der Waals surface area contributed by atoms with Gasteiger partial charge in [0.15, 0.2) is 0 Å². The van der Waals surface area contributed by atoms with Crippen LogP contribution in [0.2, 0.25) is 0 Å². The van der Waals surface area contributed by atoms with Gasteiger partial charge in [-0.2, -0.15) is 0 Å². The molecule has 1 saturated heterocycles. The van der Waals surface area contributed by atoms with E-state index in [-0.39, 0.29) is 5.91 Å². The SMILES string of the molecule is Cc1c(C(=O)N2CCN(Cc3cccc(C(=O)O)c3)CC2)sc2ccccc12. The van der Waals surface area contributed by atoms with Crippen LogP contribution in [0.15, 0.2) is 48.5 Å². The average Bonchev–Trinajstić information content (AvgIpc) is 3.05. The number of hydrogen-bond acceptors (Lipinski definition) is 4. The van der Waals surface area contributed by atoms with E-state index in [1.165, 1.54) is 0 Å². The second-order valence-corrected chi connectivity index (χ2v) is 8.18. The van der Waals surface area contributed by atoms with E-state index in [1.54, 1.807) is 29.5 Å². The van der Waals surface area contributed by atoms with Crippen molar-refractivity contribution in [1.29, 1.82) is 0 Å². The Morgan fingerprint density at radius 3 is 2.50 bits per heavy atom. The summed E-state index contributed by atoms with van der Waals surface area (Å²) in [5, 5.41) is 10.3. The lowest BCUT2D eigenvalue weighted by Crippen LogP contribution is -2.48. The van der Waals surface area contributed by atoms with Crippen molar-refractivity contribution in [2.45, 2.75) is 13.5 Å². The highest BCUT2D eigenvalue weighted by atomic mass is 32.1. The summed E-state index contributed by atoms with van der Waals surface area (Å²) in [6.45, 7) is 5.67. The number of piperazine rings is 1. The third-order valence-corrected chi connectivity index (χ3v) is 6.54. The normalized spacial score (nSPS) is 15.1. The lowest BCUT2D eigenvalue weighted by atomic mass is 10.1. The van der Waals surface area contributed by atoms with Crippen LogP contribution in [0, 0.1) is 6.92 Å². The van der Waals surface area contributed by atoms with Gasteiger partial charge >= 0.3 is 5.97 Å². The van der Waals surface area contributed by atoms with Crippen LogP contribution in [-0.2, 0) is 6.54 Å². The van der Waals surface area contributed by atoms with Gasteiger partial charge in [-0.15, -0.1) is 11.3 Å². The van der Waals surface area contributed by atoms with Crippen LogP contribution in [0.1, 0.15) is 31.2 Å². The number of aryl methyl sites for hydroxylation is 1. The topological polar surface area (TPSA) is 60.9 Å². The third kappa shape index (κ3) is 3.66. The number of carbonyl (C=O) groups excluding carboxylic acids is 1. The molecule has 3 aromatic rings. The van der Waals surface area contributed by atoms with Crippen LogP contribution in [0.25, 0.3) is 10.1 Å². The van der Waals surface area contributed by atoms with Gasteiger partial charge in [0.25, 0.3) is 5.91 Å². The molecular weight excluding hydrogens is 372 g/mol. The van der Waals surface area contributed by atoms with Crippen molar-refractivity contribution in [3.05, 3.63) is 70.1 Å². The molecular formula is C22H22N2O3S. The summed E-state index contributed by atoms with van der Waals surface area (Å²) in [5.74, 6) is -0.790. The maximum atomic E-state index is 13.0. The van der Waals surface area contributed by atoms with Crippen LogP contribution in [-0.4, -0.2) is 53.0 Å². The number of benzene rings is 2. The minimum absolute atomic E-state index is 0.117. The van der Waals surface area contributed by atoms with Crippen LogP contribution in [0.4, 0.5) is 0 Å². The molecule has 0 saturated carbocycles. The summed E-state index contributed by atoms with van der Waals surface area (Å²) < 4.78 is 1.15. The second kappa shape index (κ2) is 7.73. The highest BCUT2D eigenvalue weighted by Gasteiger charge is 2.25. The molecule has 0 atom stereocenters. The molecule has 28 heavy (non-hydrogen) atoms. The zero-order valence-electron chi connectivity index (χ0n) is 15.7. The van der Waals surface area contributed by atoms with Crippen LogP contribution < -0.4 is 0 Å². The van der Waals surface area contributed by atoms with Crippen molar-refractivity contribution in [3.63, 3.8) is 0 Å². The molecule has 0 aliphatic carbocycles. The average molecular weight is 394 g/mol. The zero-order valence-corrected chi connectivity index (χ0v) is 16.5. The van der Waals surface area contributed by atoms with E-state index >= 15 is 0 Å². The Balaban J connectivity index is 1.41. The van der Waals surface area contributed by atoms with Crippen LogP contribution in [0.5, 0.6) is 0 Å². The number of fused-ring (bicyclic) bond motifs is 1. The first-order chi connectivity index (χ1) is 13.5. The number of carboxylic acid groups (broad SMARTS) is 1. The van der Waals surface area contributed by atoms with Crippen molar-refractivity contribution >= 4 is 33.3 Å². The lowest BCUT2D eigenvalue weighted by Gasteiger charge is -2.34. The van der Waals surface area contributed by atoms with Gasteiger partial charge in [0.2, 0.25) is 0 Å². The number of rotatable bonds is 4. The summed E-state index contributed by atoms with van der Waals surface area (Å²) in [6.07, 6.45) is 0. The maximum Gasteiger partial charge on any atom is 0.335 e. The summed E-state index contributed by atoms with van der Waals surface area (Å²) >= 11 is 1.57. The van der Waals surface area contributed by atoms with Gasteiger partial charge in [0.05, 0.1) is 10.4 Å². The summed E-state index contributed by atoms with van der Waals surface area (Å²) in [6, 6.07) is 15.2. The van der Waals surface area contributed by atoms with Gasteiger partial charge < -0.3 is 10.0 Å². The number of carbonyl (C=O) groups is 2. The number of thiophene rings is 1. The Kier molecular flexibility index (Phi) is 5.15. The summed E-state index contributed by atoms with van der Waals surface area (Å²) in [4.78, 5) is 29.2. The predicted octanol–water partition coefficient (Wildman–Crippen LogP) is 3.87. The monoisotopic (exact) mass is 394 g/mol. The molecule has 0 bridgehead atoms. The lowest BCUT2D eigenvalue weighted by molar-refractivity contribution is 0.0630. The van der Waals surface area contributed by atoms with E-state index < -0.39 is 5.97 Å². The summed E-state index contributed by atoms with van der Waals surface area (Å²) in [7, 11) is 0. The summed E-state index contributed by atoms with van der Waals surface area (Å²) in [5.41, 5.74) is 2.37. The fourth-order valence-corrected chi connectivity index (χ4v) is 4.87. The van der Waals surface area contributed by atoms with Crippen LogP contribution >= 0.6 is 11.3 Å². The highest BCUT2D eigenvalue weighted by Crippen LogP contribution is 2.31. The van der Waals surface area contributed by atoms with Crippen molar-refractivity contribution in [3.8, 4) is 0 Å². The number of hydrogen-bond donors (Lipinski definition) is 1. The van der Waals surface area contributed by atoms with E-state index in [1.807, 2.05) is 30.0 Å². The van der Waals surface area contributed by atoms with E-state index in [9.17, 15) is 9.59 Å². The molecule has 2 heterocycles. The first kappa shape index (κ1) is 18.7. The van der Waals surface area contributed by atoms with E-state index in [0.29, 0.717) is 25.2 Å². The molecule has 1 N–H and O–H groups in total. The molecule has 1 aliphatic heterocycles. The fraction of sp³-hybridized carbons (Fsp3) is 0.273. The number of amides is 1. The number of carboxylic acids is 1. The molecule has 1 aliphatic rings. The largest absolute Gasteiger partial charge is 0.478 e. The Morgan fingerprint density at radius 1 is 1.04 bits per heavy atom. The Morgan fingerprint density at radius 2 is 1.79 bits per heavy atom. The molecule has 1 fully saturated rings. The molecule has 5 nitrogen and oxygen atoms in total. The van der Waals surface area contributed by atoms with Crippen molar-refractivity contribution < 1.29 is 14.7 Å². The Bertz CT molecular complexity index is 1040. The van der Waals surface area contributed by atoms with Crippen molar-refractivity contribution in [2.75, 3.05) is 26.2 Å². The zero-order chi connectivity index (χ0) is 19.7. The minimum atomic E-state index is -0.907.